The first-order chi connectivity index (χ1) is 11.3. The van der Waals surface area contributed by atoms with E-state index in [0.29, 0.717) is 25.3 Å². The maximum atomic E-state index is 12.7. The minimum absolute atomic E-state index is 0. The molecule has 0 radical (unpaired) electrons. The Balaban J connectivity index is 0.00000625. The van der Waals surface area contributed by atoms with E-state index < -0.39 is 27.7 Å². The summed E-state index contributed by atoms with van der Waals surface area (Å²) in [7, 11) is -3.36. The predicted octanol–water partition coefficient (Wildman–Crippen LogP) is 2.61. The van der Waals surface area contributed by atoms with Gasteiger partial charge in [-0.3, -0.25) is 4.99 Å². The Bertz CT molecular complexity index is 560. The molecule has 0 aliphatic heterocycles. The van der Waals surface area contributed by atoms with Crippen LogP contribution in [0.5, 0.6) is 0 Å². The van der Waals surface area contributed by atoms with E-state index in [-0.39, 0.29) is 49.4 Å². The molecular weight excluding hydrogens is 484 g/mol. The molecule has 0 aromatic rings. The van der Waals surface area contributed by atoms with Gasteiger partial charge in [-0.05, 0) is 46.5 Å². The first-order valence-corrected chi connectivity index (χ1v) is 10.3. The molecule has 1 rings (SSSR count). The average Bonchev–Trinajstić information content (AvgIpc) is 2.42. The normalized spacial score (nSPS) is 22.5. The second-order valence-corrected chi connectivity index (χ2v) is 8.94. The number of guanidine groups is 1. The Morgan fingerprint density at radius 3 is 2.12 bits per heavy atom. The van der Waals surface area contributed by atoms with Crippen LogP contribution in [-0.2, 0) is 10.0 Å². The van der Waals surface area contributed by atoms with E-state index in [0.717, 1.165) is 6.26 Å². The number of rotatable bonds is 6. The summed E-state index contributed by atoms with van der Waals surface area (Å²) in [6.45, 7) is 6.12. The van der Waals surface area contributed by atoms with E-state index >= 15 is 0 Å². The molecule has 0 spiro atoms. The van der Waals surface area contributed by atoms with E-state index in [2.05, 4.69) is 20.3 Å². The van der Waals surface area contributed by atoms with Crippen LogP contribution in [-0.4, -0.2) is 51.5 Å². The fourth-order valence-electron chi connectivity index (χ4n) is 2.89. The fraction of sp³-hybridized carbons (Fsp3) is 0.933. The molecule has 0 aromatic heterocycles. The van der Waals surface area contributed by atoms with Crippen LogP contribution in [0.4, 0.5) is 13.2 Å². The standard InChI is InChI=1S/C15H29F3N4O2S.HI/c1-5-19-13(20-10-14(2,3)22-25(4,23)24)21-12-8-6-11(7-9-12)15(16,17)18;/h11-12,22H,5-10H2,1-4H3,(H2,19,20,21);1H. The lowest BCUT2D eigenvalue weighted by Gasteiger charge is -2.31. The molecule has 0 bridgehead atoms. The molecule has 0 saturated heterocycles. The van der Waals surface area contributed by atoms with Crippen LogP contribution in [0.15, 0.2) is 4.99 Å². The second kappa shape index (κ2) is 10.3. The van der Waals surface area contributed by atoms with Gasteiger partial charge < -0.3 is 10.6 Å². The Morgan fingerprint density at radius 1 is 1.15 bits per heavy atom. The number of hydrogen-bond donors (Lipinski definition) is 3. The molecule has 0 atom stereocenters. The fourth-order valence-corrected chi connectivity index (χ4v) is 3.96. The summed E-state index contributed by atoms with van der Waals surface area (Å²) in [4.78, 5) is 4.38. The van der Waals surface area contributed by atoms with Crippen LogP contribution in [0.3, 0.4) is 0 Å². The zero-order chi connectivity index (χ0) is 19.3. The molecule has 0 aromatic carbocycles. The highest BCUT2D eigenvalue weighted by atomic mass is 127. The topological polar surface area (TPSA) is 82.6 Å². The molecule has 1 aliphatic rings. The monoisotopic (exact) mass is 514 g/mol. The Labute approximate surface area is 171 Å². The second-order valence-electron chi connectivity index (χ2n) is 7.19. The van der Waals surface area contributed by atoms with Crippen LogP contribution in [0.25, 0.3) is 0 Å². The molecule has 3 N–H and O–H groups in total. The third-order valence-corrected chi connectivity index (χ3v) is 4.89. The molecule has 6 nitrogen and oxygen atoms in total. The zero-order valence-corrected chi connectivity index (χ0v) is 18.8. The highest BCUT2D eigenvalue weighted by Gasteiger charge is 2.41. The number of alkyl halides is 3. The highest BCUT2D eigenvalue weighted by Crippen LogP contribution is 2.37. The van der Waals surface area contributed by atoms with E-state index in [1.165, 1.54) is 0 Å². The van der Waals surface area contributed by atoms with Crippen molar-refractivity contribution >= 4 is 40.0 Å². The lowest BCUT2D eigenvalue weighted by molar-refractivity contribution is -0.182. The van der Waals surface area contributed by atoms with Crippen LogP contribution in [0.1, 0.15) is 46.5 Å². The van der Waals surface area contributed by atoms with Crippen LogP contribution in [0.2, 0.25) is 0 Å². The molecule has 11 heteroatoms. The van der Waals surface area contributed by atoms with Crippen molar-refractivity contribution in [3.63, 3.8) is 0 Å². The van der Waals surface area contributed by atoms with Gasteiger partial charge in [0.15, 0.2) is 5.96 Å². The number of hydrogen-bond acceptors (Lipinski definition) is 3. The number of sulfonamides is 1. The molecule has 1 aliphatic carbocycles. The van der Waals surface area contributed by atoms with E-state index in [1.54, 1.807) is 13.8 Å². The number of aliphatic imine (C=N–C) groups is 1. The van der Waals surface area contributed by atoms with Crippen molar-refractivity contribution in [3.05, 3.63) is 0 Å². The van der Waals surface area contributed by atoms with Gasteiger partial charge in [-0.2, -0.15) is 13.2 Å². The van der Waals surface area contributed by atoms with Gasteiger partial charge in [0.25, 0.3) is 0 Å². The van der Waals surface area contributed by atoms with E-state index in [9.17, 15) is 21.6 Å². The Morgan fingerprint density at radius 2 is 1.69 bits per heavy atom. The maximum absolute atomic E-state index is 12.7. The summed E-state index contributed by atoms with van der Waals surface area (Å²) in [5.41, 5.74) is -0.760. The van der Waals surface area contributed by atoms with Gasteiger partial charge in [0.1, 0.15) is 0 Å². The lowest BCUT2D eigenvalue weighted by Crippen LogP contribution is -2.48. The molecule has 156 valence electrons. The third-order valence-electron chi connectivity index (χ3n) is 3.97. The van der Waals surface area contributed by atoms with Gasteiger partial charge in [0, 0.05) is 18.1 Å². The van der Waals surface area contributed by atoms with Crippen LogP contribution < -0.4 is 15.4 Å². The van der Waals surface area contributed by atoms with Gasteiger partial charge in [-0.25, -0.2) is 13.1 Å². The molecule has 26 heavy (non-hydrogen) atoms. The van der Waals surface area contributed by atoms with Gasteiger partial charge in [-0.15, -0.1) is 24.0 Å². The van der Waals surface area contributed by atoms with Crippen molar-refractivity contribution in [2.75, 3.05) is 19.3 Å². The number of nitrogens with one attached hydrogen (secondary N) is 3. The summed E-state index contributed by atoms with van der Waals surface area (Å²) in [6.07, 6.45) is -1.95. The Kier molecular flexibility index (Phi) is 10.2. The molecule has 0 unspecified atom stereocenters. The summed E-state index contributed by atoms with van der Waals surface area (Å²) in [5.74, 6) is -0.732. The minimum Gasteiger partial charge on any atom is -0.357 e. The largest absolute Gasteiger partial charge is 0.391 e. The summed E-state index contributed by atoms with van der Waals surface area (Å²) in [5, 5.41) is 6.20. The smallest absolute Gasteiger partial charge is 0.357 e. The number of halogens is 4. The summed E-state index contributed by atoms with van der Waals surface area (Å²) < 4.78 is 63.4. The minimum atomic E-state index is -4.12. The van der Waals surface area contributed by atoms with Crippen molar-refractivity contribution in [1.29, 1.82) is 0 Å². The van der Waals surface area contributed by atoms with Crippen LogP contribution >= 0.6 is 24.0 Å². The van der Waals surface area contributed by atoms with Crippen molar-refractivity contribution < 1.29 is 21.6 Å². The van der Waals surface area contributed by atoms with Crippen molar-refractivity contribution in [2.24, 2.45) is 10.9 Å². The quantitative estimate of drug-likeness (QED) is 0.289. The van der Waals surface area contributed by atoms with E-state index in [4.69, 9.17) is 0 Å². The molecule has 1 fully saturated rings. The van der Waals surface area contributed by atoms with Crippen LogP contribution in [0, 0.1) is 5.92 Å². The van der Waals surface area contributed by atoms with Gasteiger partial charge in [-0.1, -0.05) is 0 Å². The highest BCUT2D eigenvalue weighted by molar-refractivity contribution is 14.0. The van der Waals surface area contributed by atoms with Gasteiger partial charge >= 0.3 is 6.18 Å². The van der Waals surface area contributed by atoms with E-state index in [1.807, 2.05) is 6.92 Å². The summed E-state index contributed by atoms with van der Waals surface area (Å²) in [6, 6.07) is -0.0672. The summed E-state index contributed by atoms with van der Waals surface area (Å²) >= 11 is 0. The maximum Gasteiger partial charge on any atom is 0.391 e. The first-order valence-electron chi connectivity index (χ1n) is 8.43. The van der Waals surface area contributed by atoms with Gasteiger partial charge in [0.05, 0.1) is 18.7 Å². The SMILES string of the molecule is CCNC(=NCC(C)(C)NS(C)(=O)=O)NC1CCC(C(F)(F)F)CC1.I. The van der Waals surface area contributed by atoms with Gasteiger partial charge in [0.2, 0.25) is 10.0 Å². The molecule has 1 saturated carbocycles. The molecule has 0 heterocycles. The third kappa shape index (κ3) is 10.1. The predicted molar refractivity (Wildman–Crippen MR) is 108 cm³/mol. The van der Waals surface area contributed by atoms with Crippen molar-refractivity contribution in [2.45, 2.75) is 64.2 Å². The first kappa shape index (κ1) is 25.7. The molecule has 0 amide bonds. The lowest BCUT2D eigenvalue weighted by atomic mass is 9.85. The Hall–Kier alpha value is -0.300. The number of nitrogens with zero attached hydrogens (tertiary/aromatic N) is 1. The zero-order valence-electron chi connectivity index (χ0n) is 15.6. The molecular formula is C15H30F3IN4O2S. The van der Waals surface area contributed by atoms with Crippen molar-refractivity contribution in [3.8, 4) is 0 Å². The van der Waals surface area contributed by atoms with Crippen molar-refractivity contribution in [1.82, 2.24) is 15.4 Å². The average molecular weight is 514 g/mol.